The molecule has 2 aromatic rings. The van der Waals surface area contributed by atoms with E-state index in [0.29, 0.717) is 5.56 Å². The standard InChI is InChI=1S/C15H13BrF2/c1-2-10-5-3-4-6-12(10)15(16)13-8-7-11(17)9-14(13)18/h3-9,15H,2H2,1H3. The molecule has 0 aliphatic carbocycles. The molecule has 2 rings (SSSR count). The highest BCUT2D eigenvalue weighted by molar-refractivity contribution is 9.09. The molecule has 3 heteroatoms. The van der Waals surface area contributed by atoms with E-state index in [0.717, 1.165) is 23.6 Å². The predicted molar refractivity (Wildman–Crippen MR) is 72.9 cm³/mol. The normalized spacial score (nSPS) is 12.4. The van der Waals surface area contributed by atoms with Crippen molar-refractivity contribution in [3.63, 3.8) is 0 Å². The summed E-state index contributed by atoms with van der Waals surface area (Å²) >= 11 is 3.50. The van der Waals surface area contributed by atoms with Gasteiger partial charge in [-0.1, -0.05) is 53.2 Å². The average molecular weight is 311 g/mol. The van der Waals surface area contributed by atoms with Crippen molar-refractivity contribution in [1.29, 1.82) is 0 Å². The monoisotopic (exact) mass is 310 g/mol. The van der Waals surface area contributed by atoms with Crippen LogP contribution in [0.2, 0.25) is 0 Å². The van der Waals surface area contributed by atoms with Crippen LogP contribution in [0.15, 0.2) is 42.5 Å². The molecule has 18 heavy (non-hydrogen) atoms. The first kappa shape index (κ1) is 13.2. The first-order valence-corrected chi connectivity index (χ1v) is 6.72. The smallest absolute Gasteiger partial charge is 0.130 e. The zero-order valence-corrected chi connectivity index (χ0v) is 11.5. The van der Waals surface area contributed by atoms with Crippen molar-refractivity contribution in [2.45, 2.75) is 18.2 Å². The number of rotatable bonds is 3. The van der Waals surface area contributed by atoms with Gasteiger partial charge in [0.15, 0.2) is 0 Å². The van der Waals surface area contributed by atoms with E-state index in [1.807, 2.05) is 24.3 Å². The van der Waals surface area contributed by atoms with Crippen LogP contribution in [0.25, 0.3) is 0 Å². The molecule has 0 fully saturated rings. The Morgan fingerprint density at radius 2 is 1.78 bits per heavy atom. The molecule has 0 spiro atoms. The molecule has 1 atom stereocenters. The summed E-state index contributed by atoms with van der Waals surface area (Å²) < 4.78 is 26.7. The van der Waals surface area contributed by atoms with Crippen LogP contribution in [0.3, 0.4) is 0 Å². The fraction of sp³-hybridized carbons (Fsp3) is 0.200. The van der Waals surface area contributed by atoms with Crippen molar-refractivity contribution in [3.8, 4) is 0 Å². The van der Waals surface area contributed by atoms with Gasteiger partial charge in [0.05, 0.1) is 4.83 Å². The maximum Gasteiger partial charge on any atom is 0.130 e. The highest BCUT2D eigenvalue weighted by Gasteiger charge is 2.17. The third kappa shape index (κ3) is 2.61. The zero-order chi connectivity index (χ0) is 13.1. The lowest BCUT2D eigenvalue weighted by atomic mass is 9.98. The van der Waals surface area contributed by atoms with Gasteiger partial charge in [0.2, 0.25) is 0 Å². The summed E-state index contributed by atoms with van der Waals surface area (Å²) in [4.78, 5) is -0.255. The number of benzene rings is 2. The third-order valence-electron chi connectivity index (χ3n) is 2.94. The Morgan fingerprint density at radius 1 is 1.06 bits per heavy atom. The van der Waals surface area contributed by atoms with E-state index in [1.165, 1.54) is 12.1 Å². The molecule has 0 amide bonds. The molecule has 0 nitrogen and oxygen atoms in total. The van der Waals surface area contributed by atoms with Gasteiger partial charge in [0, 0.05) is 11.6 Å². The molecular formula is C15H13BrF2. The molecule has 2 aromatic carbocycles. The van der Waals surface area contributed by atoms with Crippen molar-refractivity contribution in [2.75, 3.05) is 0 Å². The Labute approximate surface area is 114 Å². The zero-order valence-electron chi connectivity index (χ0n) is 9.96. The average Bonchev–Trinajstić information content (AvgIpc) is 2.38. The lowest BCUT2D eigenvalue weighted by molar-refractivity contribution is 0.574. The fourth-order valence-corrected chi connectivity index (χ4v) is 2.80. The Morgan fingerprint density at radius 3 is 2.44 bits per heavy atom. The maximum atomic E-state index is 13.8. The van der Waals surface area contributed by atoms with Crippen molar-refractivity contribution < 1.29 is 8.78 Å². The lowest BCUT2D eigenvalue weighted by Crippen LogP contribution is -2.00. The van der Waals surface area contributed by atoms with Gasteiger partial charge in [-0.25, -0.2) is 8.78 Å². The summed E-state index contributed by atoms with van der Waals surface area (Å²) in [6.07, 6.45) is 0.876. The topological polar surface area (TPSA) is 0 Å². The van der Waals surface area contributed by atoms with E-state index in [9.17, 15) is 8.78 Å². The second kappa shape index (κ2) is 5.61. The molecule has 0 saturated carbocycles. The molecule has 0 N–H and O–H groups in total. The van der Waals surface area contributed by atoms with Gasteiger partial charge in [0.1, 0.15) is 11.6 Å². The van der Waals surface area contributed by atoms with Gasteiger partial charge < -0.3 is 0 Å². The summed E-state index contributed by atoms with van der Waals surface area (Å²) in [5.41, 5.74) is 2.63. The Balaban J connectivity index is 2.44. The molecule has 0 bridgehead atoms. The highest BCUT2D eigenvalue weighted by atomic mass is 79.9. The third-order valence-corrected chi connectivity index (χ3v) is 3.93. The molecule has 94 valence electrons. The molecular weight excluding hydrogens is 298 g/mol. The van der Waals surface area contributed by atoms with E-state index >= 15 is 0 Å². The molecule has 0 aliphatic heterocycles. The number of halogens is 3. The maximum absolute atomic E-state index is 13.8. The fourth-order valence-electron chi connectivity index (χ4n) is 1.98. The molecule has 0 aliphatic rings. The summed E-state index contributed by atoms with van der Waals surface area (Å²) in [5.74, 6) is -1.08. The van der Waals surface area contributed by atoms with Crippen LogP contribution in [-0.2, 0) is 6.42 Å². The van der Waals surface area contributed by atoms with E-state index in [1.54, 1.807) is 0 Å². The first-order chi connectivity index (χ1) is 8.63. The van der Waals surface area contributed by atoms with Crippen LogP contribution in [0.5, 0.6) is 0 Å². The Kier molecular flexibility index (Phi) is 4.12. The van der Waals surface area contributed by atoms with Crippen molar-refractivity contribution in [2.24, 2.45) is 0 Å². The van der Waals surface area contributed by atoms with Gasteiger partial charge in [-0.3, -0.25) is 0 Å². The summed E-state index contributed by atoms with van der Waals surface area (Å²) in [5, 5.41) is 0. The van der Waals surface area contributed by atoms with Crippen LogP contribution < -0.4 is 0 Å². The van der Waals surface area contributed by atoms with Crippen molar-refractivity contribution in [3.05, 3.63) is 70.8 Å². The van der Waals surface area contributed by atoms with Crippen LogP contribution in [0.4, 0.5) is 8.78 Å². The van der Waals surface area contributed by atoms with Gasteiger partial charge >= 0.3 is 0 Å². The van der Waals surface area contributed by atoms with Gasteiger partial charge in [-0.15, -0.1) is 0 Å². The van der Waals surface area contributed by atoms with Crippen molar-refractivity contribution in [1.82, 2.24) is 0 Å². The van der Waals surface area contributed by atoms with E-state index < -0.39 is 11.6 Å². The van der Waals surface area contributed by atoms with Crippen molar-refractivity contribution >= 4 is 15.9 Å². The Hall–Kier alpha value is -1.22. The largest absolute Gasteiger partial charge is 0.207 e. The quantitative estimate of drug-likeness (QED) is 0.699. The number of hydrogen-bond donors (Lipinski definition) is 0. The SMILES string of the molecule is CCc1ccccc1C(Br)c1ccc(F)cc1F. The van der Waals surface area contributed by atoms with E-state index in [2.05, 4.69) is 22.9 Å². The van der Waals surface area contributed by atoms with Crippen LogP contribution in [0, 0.1) is 11.6 Å². The molecule has 1 unspecified atom stereocenters. The van der Waals surface area contributed by atoms with E-state index in [4.69, 9.17) is 0 Å². The first-order valence-electron chi connectivity index (χ1n) is 5.80. The number of hydrogen-bond acceptors (Lipinski definition) is 0. The lowest BCUT2D eigenvalue weighted by Gasteiger charge is -2.15. The second-order valence-corrected chi connectivity index (χ2v) is 5.00. The summed E-state index contributed by atoms with van der Waals surface area (Å²) in [6, 6.07) is 11.5. The van der Waals surface area contributed by atoms with Gasteiger partial charge in [-0.05, 0) is 23.6 Å². The predicted octanol–water partition coefficient (Wildman–Crippen LogP) is 5.01. The van der Waals surface area contributed by atoms with Crippen LogP contribution in [0.1, 0.15) is 28.4 Å². The summed E-state index contributed by atoms with van der Waals surface area (Å²) in [7, 11) is 0. The highest BCUT2D eigenvalue weighted by Crippen LogP contribution is 2.34. The van der Waals surface area contributed by atoms with Gasteiger partial charge in [-0.2, -0.15) is 0 Å². The summed E-state index contributed by atoms with van der Waals surface area (Å²) in [6.45, 7) is 2.06. The number of aryl methyl sites for hydroxylation is 1. The Bertz CT molecular complexity index is 552. The molecule has 0 heterocycles. The van der Waals surface area contributed by atoms with E-state index in [-0.39, 0.29) is 4.83 Å². The minimum absolute atomic E-state index is 0.255. The van der Waals surface area contributed by atoms with Gasteiger partial charge in [0.25, 0.3) is 0 Å². The molecule has 0 saturated heterocycles. The molecule has 0 aromatic heterocycles. The molecule has 0 radical (unpaired) electrons. The minimum Gasteiger partial charge on any atom is -0.207 e. The van der Waals surface area contributed by atoms with Crippen LogP contribution >= 0.6 is 15.9 Å². The number of alkyl halides is 1. The van der Waals surface area contributed by atoms with Crippen LogP contribution in [-0.4, -0.2) is 0 Å². The second-order valence-electron chi connectivity index (χ2n) is 4.08. The minimum atomic E-state index is -0.556.